The van der Waals surface area contributed by atoms with Gasteiger partial charge in [-0.3, -0.25) is 9.48 Å². The number of fused-ring (bicyclic) bond motifs is 5. The van der Waals surface area contributed by atoms with E-state index in [1.165, 1.54) is 25.4 Å². The first-order chi connectivity index (χ1) is 22.2. The lowest BCUT2D eigenvalue weighted by atomic mass is 9.95. The maximum atomic E-state index is 13.5. The molecule has 0 spiro atoms. The number of hydrogen-bond donors (Lipinski definition) is 2. The van der Waals surface area contributed by atoms with Crippen LogP contribution in [0.2, 0.25) is 5.02 Å². The van der Waals surface area contributed by atoms with Crippen molar-refractivity contribution < 1.29 is 28.2 Å². The molecule has 3 aromatic heterocycles. The van der Waals surface area contributed by atoms with Crippen molar-refractivity contribution in [3.05, 3.63) is 95.0 Å². The fourth-order valence-corrected chi connectivity index (χ4v) is 6.46. The molecule has 0 saturated heterocycles. The number of amides is 1. The van der Waals surface area contributed by atoms with Gasteiger partial charge in [-0.25, -0.2) is 19.2 Å². The number of ether oxygens (including phenoxy) is 3. The van der Waals surface area contributed by atoms with E-state index in [2.05, 4.69) is 27.2 Å². The number of alkyl carbamates (subject to hydrolysis) is 1. The van der Waals surface area contributed by atoms with Crippen LogP contribution in [0.25, 0.3) is 20.7 Å². The molecule has 236 valence electrons. The van der Waals surface area contributed by atoms with Crippen LogP contribution in [0.5, 0.6) is 5.75 Å². The van der Waals surface area contributed by atoms with Crippen LogP contribution in [-0.2, 0) is 40.3 Å². The van der Waals surface area contributed by atoms with E-state index in [1.807, 2.05) is 12.3 Å². The minimum absolute atomic E-state index is 0.0899. The van der Waals surface area contributed by atoms with Gasteiger partial charge in [0.25, 0.3) is 0 Å². The highest BCUT2D eigenvalue weighted by Gasteiger charge is 2.26. The average molecular weight is 663 g/mol. The molecule has 2 N–H and O–H groups in total. The predicted molar refractivity (Wildman–Crippen MR) is 172 cm³/mol. The highest BCUT2D eigenvalue weighted by Crippen LogP contribution is 2.45. The fraction of sp³-hybridized carbons (Fsp3) is 0.219. The van der Waals surface area contributed by atoms with Gasteiger partial charge in [-0.2, -0.15) is 5.10 Å². The Labute approximate surface area is 272 Å². The molecule has 0 bridgehead atoms. The van der Waals surface area contributed by atoms with Gasteiger partial charge >= 0.3 is 12.1 Å². The molecular weight excluding hydrogens is 635 g/mol. The molecule has 11 nitrogen and oxygen atoms in total. The smallest absolute Gasteiger partial charge is 0.412 e. The molecule has 3 heterocycles. The van der Waals surface area contributed by atoms with Gasteiger partial charge in [0, 0.05) is 22.3 Å². The van der Waals surface area contributed by atoms with E-state index in [4.69, 9.17) is 30.9 Å². The summed E-state index contributed by atoms with van der Waals surface area (Å²) in [4.78, 5) is 34.5. The first kappa shape index (κ1) is 31.0. The molecule has 14 heteroatoms. The van der Waals surface area contributed by atoms with Gasteiger partial charge in [-0.1, -0.05) is 30.3 Å². The molecular formula is C32H28ClFN6O5S. The van der Waals surface area contributed by atoms with Crippen molar-refractivity contribution in [1.29, 1.82) is 0 Å². The number of esters is 1. The Balaban J connectivity index is 1.12. The molecule has 0 atom stereocenters. The number of hydrogen-bond acceptors (Lipinski definition) is 10. The number of rotatable bonds is 11. The summed E-state index contributed by atoms with van der Waals surface area (Å²) in [6.07, 6.45) is 4.19. The van der Waals surface area contributed by atoms with Gasteiger partial charge in [0.1, 0.15) is 48.3 Å². The third-order valence-electron chi connectivity index (χ3n) is 6.99. The highest BCUT2D eigenvalue weighted by molar-refractivity contribution is 7.22. The van der Waals surface area contributed by atoms with Crippen molar-refractivity contribution in [3.8, 4) is 16.2 Å². The Morgan fingerprint density at radius 3 is 2.85 bits per heavy atom. The first-order valence-corrected chi connectivity index (χ1v) is 15.5. The number of anilines is 2. The highest BCUT2D eigenvalue weighted by atomic mass is 35.5. The van der Waals surface area contributed by atoms with Crippen molar-refractivity contribution in [2.45, 2.75) is 32.9 Å². The summed E-state index contributed by atoms with van der Waals surface area (Å²) in [6, 6.07) is 11.6. The molecule has 1 aliphatic carbocycles. The molecule has 0 unspecified atom stereocenters. The van der Waals surface area contributed by atoms with Crippen LogP contribution < -0.4 is 15.4 Å². The first-order valence-electron chi connectivity index (χ1n) is 14.3. The van der Waals surface area contributed by atoms with Crippen LogP contribution in [0.3, 0.4) is 0 Å². The number of aromatic nitrogens is 4. The third kappa shape index (κ3) is 7.11. The lowest BCUT2D eigenvalue weighted by molar-refractivity contribution is -0.142. The Kier molecular flexibility index (Phi) is 9.13. The SMILES string of the molecule is C=C(C)OC(=O)NCC(=O)OCCn1cc2c(n1)CCc1c-2sc2ncnc(Nc3ccc(OCc4cccc(F)c4)c(Cl)c3)c12. The topological polar surface area (TPSA) is 129 Å². The summed E-state index contributed by atoms with van der Waals surface area (Å²) >= 11 is 8.10. The second-order valence-electron chi connectivity index (χ2n) is 10.4. The molecule has 2 aromatic carbocycles. The standard InChI is InChI=1S/C32H28ClFN6O5S/c1-18(2)45-32(42)35-14-27(41)43-11-10-40-15-23-25(39-40)8-7-22-28-30(36-17-37-31(28)46-29(22)23)38-21-6-9-26(24(33)13-21)44-16-19-4-3-5-20(34)12-19/h3-6,9,12-13,15,17H,1,7-8,10-11,14,16H2,2H3,(H,35,42)(H,36,37,38). The number of benzene rings is 2. The molecule has 0 radical (unpaired) electrons. The maximum Gasteiger partial charge on any atom is 0.412 e. The van der Waals surface area contributed by atoms with Gasteiger partial charge < -0.3 is 24.8 Å². The minimum atomic E-state index is -0.767. The van der Waals surface area contributed by atoms with E-state index < -0.39 is 12.1 Å². The average Bonchev–Trinajstić information content (AvgIpc) is 3.61. The second-order valence-corrected chi connectivity index (χ2v) is 11.8. The third-order valence-corrected chi connectivity index (χ3v) is 8.46. The van der Waals surface area contributed by atoms with Gasteiger partial charge in [-0.05, 0) is 61.2 Å². The molecule has 0 fully saturated rings. The summed E-state index contributed by atoms with van der Waals surface area (Å²) < 4.78 is 31.0. The Morgan fingerprint density at radius 2 is 2.04 bits per heavy atom. The number of carbonyl (C=O) groups excluding carboxylic acids is 2. The summed E-state index contributed by atoms with van der Waals surface area (Å²) in [5, 5.41) is 11.7. The van der Waals surface area contributed by atoms with E-state index in [-0.39, 0.29) is 31.3 Å². The molecule has 1 aliphatic rings. The lowest BCUT2D eigenvalue weighted by Gasteiger charge is -2.13. The zero-order valence-electron chi connectivity index (χ0n) is 24.6. The number of nitrogens with zero attached hydrogens (tertiary/aromatic N) is 4. The summed E-state index contributed by atoms with van der Waals surface area (Å²) in [6.45, 7) is 5.31. The van der Waals surface area contributed by atoms with E-state index in [1.54, 1.807) is 40.3 Å². The van der Waals surface area contributed by atoms with Crippen LogP contribution in [0.4, 0.5) is 20.7 Å². The van der Waals surface area contributed by atoms with E-state index in [0.717, 1.165) is 50.4 Å². The van der Waals surface area contributed by atoms with Gasteiger partial charge in [0.05, 0.1) is 28.4 Å². The van der Waals surface area contributed by atoms with Crippen molar-refractivity contribution in [3.63, 3.8) is 0 Å². The van der Waals surface area contributed by atoms with E-state index in [0.29, 0.717) is 28.7 Å². The monoisotopic (exact) mass is 662 g/mol. The van der Waals surface area contributed by atoms with Crippen molar-refractivity contribution in [2.75, 3.05) is 18.5 Å². The summed E-state index contributed by atoms with van der Waals surface area (Å²) in [5.74, 6) is 0.453. The van der Waals surface area contributed by atoms with Crippen molar-refractivity contribution in [1.82, 2.24) is 25.1 Å². The number of nitrogens with one attached hydrogen (secondary N) is 2. The normalized spacial score (nSPS) is 11.8. The summed E-state index contributed by atoms with van der Waals surface area (Å²) in [7, 11) is 0. The molecule has 1 amide bonds. The minimum Gasteiger partial charge on any atom is -0.487 e. The van der Waals surface area contributed by atoms with Crippen molar-refractivity contribution in [2.24, 2.45) is 0 Å². The van der Waals surface area contributed by atoms with Crippen LogP contribution in [0.15, 0.2) is 67.3 Å². The Hall–Kier alpha value is -5.01. The van der Waals surface area contributed by atoms with Crippen LogP contribution in [0.1, 0.15) is 23.7 Å². The van der Waals surface area contributed by atoms with Gasteiger partial charge in [0.2, 0.25) is 0 Å². The second kappa shape index (κ2) is 13.5. The molecule has 46 heavy (non-hydrogen) atoms. The Bertz CT molecular complexity index is 1960. The number of halogens is 2. The maximum absolute atomic E-state index is 13.5. The summed E-state index contributed by atoms with van der Waals surface area (Å²) in [5.41, 5.74) is 4.53. The van der Waals surface area contributed by atoms with Gasteiger partial charge in [0.15, 0.2) is 0 Å². The van der Waals surface area contributed by atoms with Gasteiger partial charge in [-0.15, -0.1) is 11.3 Å². The largest absolute Gasteiger partial charge is 0.487 e. The quantitative estimate of drug-likeness (QED) is 0.119. The molecule has 5 aromatic rings. The van der Waals surface area contributed by atoms with Crippen LogP contribution in [0, 0.1) is 5.82 Å². The number of allylic oxidation sites excluding steroid dienone is 1. The van der Waals surface area contributed by atoms with E-state index >= 15 is 0 Å². The number of aryl methyl sites for hydroxylation is 2. The zero-order chi connectivity index (χ0) is 32.2. The predicted octanol–water partition coefficient (Wildman–Crippen LogP) is 6.57. The molecule has 0 saturated carbocycles. The lowest BCUT2D eigenvalue weighted by Crippen LogP contribution is -2.31. The number of thiophene rings is 1. The Morgan fingerprint density at radius 1 is 1.17 bits per heavy atom. The number of carbonyl (C=O) groups is 2. The van der Waals surface area contributed by atoms with Crippen LogP contribution >= 0.6 is 22.9 Å². The molecule has 6 rings (SSSR count). The zero-order valence-corrected chi connectivity index (χ0v) is 26.2. The van der Waals surface area contributed by atoms with E-state index in [9.17, 15) is 14.0 Å². The van der Waals surface area contributed by atoms with Crippen molar-refractivity contribution >= 4 is 56.7 Å². The molecule has 0 aliphatic heterocycles. The fourth-order valence-electron chi connectivity index (χ4n) is 5.00. The van der Waals surface area contributed by atoms with Crippen LogP contribution in [-0.4, -0.2) is 45.0 Å².